The molecular weight excluding hydrogens is 410 g/mol. The molecule has 1 aromatic heterocycles. The second-order valence-corrected chi connectivity index (χ2v) is 9.18. The molecule has 4 rings (SSSR count). The number of sulfonamides is 1. The molecule has 1 fully saturated rings. The van der Waals surface area contributed by atoms with Gasteiger partial charge in [0.2, 0.25) is 10.0 Å². The predicted molar refractivity (Wildman–Crippen MR) is 115 cm³/mol. The summed E-state index contributed by atoms with van der Waals surface area (Å²) in [4.78, 5) is 11.0. The van der Waals surface area contributed by atoms with Crippen LogP contribution in [0.4, 0.5) is 11.5 Å². The average Bonchev–Trinajstić information content (AvgIpc) is 3.22. The van der Waals surface area contributed by atoms with Gasteiger partial charge in [-0.1, -0.05) is 11.6 Å². The lowest BCUT2D eigenvalue weighted by Gasteiger charge is -2.15. The van der Waals surface area contributed by atoms with Crippen LogP contribution in [0.2, 0.25) is 5.02 Å². The van der Waals surface area contributed by atoms with Crippen molar-refractivity contribution in [3.05, 3.63) is 53.8 Å². The molecule has 0 spiro atoms. The lowest BCUT2D eigenvalue weighted by Crippen LogP contribution is -2.33. The van der Waals surface area contributed by atoms with Gasteiger partial charge in [0.1, 0.15) is 12.1 Å². The second-order valence-electron chi connectivity index (χ2n) is 6.98. The van der Waals surface area contributed by atoms with Crippen LogP contribution >= 0.6 is 11.6 Å². The van der Waals surface area contributed by atoms with E-state index in [1.807, 2.05) is 6.07 Å². The fourth-order valence-electron chi connectivity index (χ4n) is 3.41. The Balaban J connectivity index is 1.43. The van der Waals surface area contributed by atoms with E-state index in [9.17, 15) is 8.42 Å². The first kappa shape index (κ1) is 20.0. The number of nitrogens with one attached hydrogen (secondary N) is 2. The number of benzene rings is 2. The monoisotopic (exact) mass is 431 g/mol. The Hall–Kier alpha value is -2.26. The van der Waals surface area contributed by atoms with Gasteiger partial charge in [-0.05, 0) is 68.4 Å². The summed E-state index contributed by atoms with van der Waals surface area (Å²) in [5.41, 5.74) is 1.47. The van der Waals surface area contributed by atoms with Crippen molar-refractivity contribution in [3.8, 4) is 0 Å². The van der Waals surface area contributed by atoms with Gasteiger partial charge in [-0.3, -0.25) is 0 Å². The fraction of sp³-hybridized carbons (Fsp3) is 0.300. The van der Waals surface area contributed by atoms with E-state index >= 15 is 0 Å². The second kappa shape index (κ2) is 8.62. The summed E-state index contributed by atoms with van der Waals surface area (Å²) in [7, 11) is -3.53. The number of rotatable bonds is 7. The van der Waals surface area contributed by atoms with Crippen LogP contribution < -0.4 is 10.0 Å². The molecule has 0 atom stereocenters. The van der Waals surface area contributed by atoms with Crippen molar-refractivity contribution in [3.63, 3.8) is 0 Å². The molecule has 2 N–H and O–H groups in total. The van der Waals surface area contributed by atoms with E-state index < -0.39 is 10.0 Å². The highest BCUT2D eigenvalue weighted by Gasteiger charge is 2.16. The van der Waals surface area contributed by atoms with Gasteiger partial charge in [0, 0.05) is 29.2 Å². The molecule has 2 aromatic carbocycles. The topological polar surface area (TPSA) is 87.2 Å². The molecule has 0 bridgehead atoms. The summed E-state index contributed by atoms with van der Waals surface area (Å²) in [6.45, 7) is 3.25. The van der Waals surface area contributed by atoms with Gasteiger partial charge in [-0.15, -0.1) is 0 Å². The van der Waals surface area contributed by atoms with Crippen LogP contribution in [0.1, 0.15) is 12.8 Å². The zero-order chi connectivity index (χ0) is 20.3. The van der Waals surface area contributed by atoms with Gasteiger partial charge in [0.05, 0.1) is 10.4 Å². The molecule has 0 aliphatic carbocycles. The lowest BCUT2D eigenvalue weighted by molar-refractivity contribution is 0.344. The van der Waals surface area contributed by atoms with Crippen LogP contribution in [-0.2, 0) is 10.0 Å². The van der Waals surface area contributed by atoms with Gasteiger partial charge in [-0.2, -0.15) is 0 Å². The normalized spacial score (nSPS) is 15.1. The summed E-state index contributed by atoms with van der Waals surface area (Å²) in [6.07, 6.45) is 3.84. The quantitative estimate of drug-likeness (QED) is 0.596. The van der Waals surface area contributed by atoms with Gasteiger partial charge < -0.3 is 10.2 Å². The van der Waals surface area contributed by atoms with Crippen LogP contribution in [0.5, 0.6) is 0 Å². The van der Waals surface area contributed by atoms with Crippen molar-refractivity contribution in [1.29, 1.82) is 0 Å². The van der Waals surface area contributed by atoms with E-state index in [1.165, 1.54) is 19.2 Å². The third-order valence-corrected chi connectivity index (χ3v) is 6.66. The maximum Gasteiger partial charge on any atom is 0.240 e. The van der Waals surface area contributed by atoms with Crippen molar-refractivity contribution in [2.24, 2.45) is 0 Å². The molecule has 2 heterocycles. The van der Waals surface area contributed by atoms with Gasteiger partial charge in [-0.25, -0.2) is 23.1 Å². The summed E-state index contributed by atoms with van der Waals surface area (Å²) in [5, 5.41) is 4.65. The number of anilines is 2. The highest BCUT2D eigenvalue weighted by atomic mass is 35.5. The van der Waals surface area contributed by atoms with Crippen LogP contribution in [0, 0.1) is 0 Å². The number of hydrogen-bond donors (Lipinski definition) is 2. The van der Waals surface area contributed by atoms with E-state index in [0.29, 0.717) is 17.4 Å². The first-order valence-corrected chi connectivity index (χ1v) is 11.4. The minimum Gasteiger partial charge on any atom is -0.340 e. The lowest BCUT2D eigenvalue weighted by atomic mass is 10.2. The minimum absolute atomic E-state index is 0.240. The highest BCUT2D eigenvalue weighted by molar-refractivity contribution is 7.89. The summed E-state index contributed by atoms with van der Waals surface area (Å²) in [6, 6.07) is 12.0. The standard InChI is InChI=1S/C20H22ClN5O2S/c21-15-3-8-18-19(13-15)22-14-23-20(18)25-16-4-6-17(7-5-16)29(27,28)24-9-12-26-10-1-2-11-26/h3-8,13-14,24H,1-2,9-12H2,(H,22,23,25). The SMILES string of the molecule is O=S(=O)(NCCN1CCCC1)c1ccc(Nc2ncnc3cc(Cl)ccc23)cc1. The maximum atomic E-state index is 12.5. The predicted octanol–water partition coefficient (Wildman–Crippen LogP) is 3.40. The Morgan fingerprint density at radius 2 is 1.79 bits per heavy atom. The fourth-order valence-corrected chi connectivity index (χ4v) is 4.60. The van der Waals surface area contributed by atoms with Crippen molar-refractivity contribution in [2.45, 2.75) is 17.7 Å². The zero-order valence-corrected chi connectivity index (χ0v) is 17.4. The molecule has 0 amide bonds. The van der Waals surface area contributed by atoms with Crippen LogP contribution in [0.15, 0.2) is 53.7 Å². The average molecular weight is 432 g/mol. The van der Waals surface area contributed by atoms with E-state index in [2.05, 4.69) is 24.9 Å². The van der Waals surface area contributed by atoms with Crippen LogP contribution in [0.25, 0.3) is 10.9 Å². The van der Waals surface area contributed by atoms with Gasteiger partial charge >= 0.3 is 0 Å². The molecule has 3 aromatic rings. The Morgan fingerprint density at radius 3 is 2.55 bits per heavy atom. The summed E-state index contributed by atoms with van der Waals surface area (Å²) in [5.74, 6) is 0.631. The number of hydrogen-bond acceptors (Lipinski definition) is 6. The first-order chi connectivity index (χ1) is 14.0. The number of nitrogens with zero attached hydrogens (tertiary/aromatic N) is 3. The van der Waals surface area contributed by atoms with E-state index in [1.54, 1.807) is 36.4 Å². The first-order valence-electron chi connectivity index (χ1n) is 9.51. The molecule has 0 radical (unpaired) electrons. The Labute approximate surface area is 175 Å². The molecule has 0 unspecified atom stereocenters. The number of likely N-dealkylation sites (tertiary alicyclic amines) is 1. The molecule has 1 saturated heterocycles. The third-order valence-electron chi connectivity index (χ3n) is 4.94. The number of fused-ring (bicyclic) bond motifs is 1. The van der Waals surface area contributed by atoms with Gasteiger partial charge in [0.15, 0.2) is 0 Å². The van der Waals surface area contributed by atoms with E-state index in [4.69, 9.17) is 11.6 Å². The molecule has 29 heavy (non-hydrogen) atoms. The Kier molecular flexibility index (Phi) is 5.96. The number of halogens is 1. The summed E-state index contributed by atoms with van der Waals surface area (Å²) < 4.78 is 27.7. The van der Waals surface area contributed by atoms with E-state index in [0.717, 1.165) is 36.2 Å². The summed E-state index contributed by atoms with van der Waals surface area (Å²) >= 11 is 6.02. The van der Waals surface area contributed by atoms with Gasteiger partial charge in [0.25, 0.3) is 0 Å². The van der Waals surface area contributed by atoms with Crippen LogP contribution in [0.3, 0.4) is 0 Å². The third kappa shape index (κ3) is 4.84. The molecule has 9 heteroatoms. The van der Waals surface area contributed by atoms with Crippen molar-refractivity contribution in [2.75, 3.05) is 31.5 Å². The van der Waals surface area contributed by atoms with Crippen molar-refractivity contribution >= 4 is 44.0 Å². The molecule has 1 aliphatic heterocycles. The van der Waals surface area contributed by atoms with Crippen molar-refractivity contribution in [1.82, 2.24) is 19.6 Å². The molecule has 7 nitrogen and oxygen atoms in total. The molecule has 152 valence electrons. The molecular formula is C20H22ClN5O2S. The zero-order valence-electron chi connectivity index (χ0n) is 15.8. The maximum absolute atomic E-state index is 12.5. The van der Waals surface area contributed by atoms with E-state index in [-0.39, 0.29) is 4.90 Å². The molecule has 0 saturated carbocycles. The largest absolute Gasteiger partial charge is 0.340 e. The Bertz CT molecular complexity index is 1100. The van der Waals surface area contributed by atoms with Crippen LogP contribution in [-0.4, -0.2) is 49.5 Å². The van der Waals surface area contributed by atoms with Crippen molar-refractivity contribution < 1.29 is 8.42 Å². The number of aromatic nitrogens is 2. The molecule has 1 aliphatic rings. The highest BCUT2D eigenvalue weighted by Crippen LogP contribution is 2.25. The Morgan fingerprint density at radius 1 is 1.03 bits per heavy atom. The smallest absolute Gasteiger partial charge is 0.240 e. The minimum atomic E-state index is -3.53.